The molecule has 4 aliphatic rings. The lowest BCUT2D eigenvalue weighted by Gasteiger charge is -2.56. The zero-order valence-corrected chi connectivity index (χ0v) is 14.0. The van der Waals surface area contributed by atoms with Crippen LogP contribution >= 0.6 is 0 Å². The minimum Gasteiger partial charge on any atom is -0.295 e. The summed E-state index contributed by atoms with van der Waals surface area (Å²) in [6, 6.07) is 0. The second-order valence-electron chi connectivity index (χ2n) is 8.57. The lowest BCUT2D eigenvalue weighted by Crippen LogP contribution is -2.48. The van der Waals surface area contributed by atoms with Crippen molar-refractivity contribution >= 4 is 5.78 Å². The van der Waals surface area contributed by atoms with E-state index in [9.17, 15) is 4.79 Å². The summed E-state index contributed by atoms with van der Waals surface area (Å²) in [5.41, 5.74) is 2.02. The highest BCUT2D eigenvalue weighted by Gasteiger charge is 2.57. The van der Waals surface area contributed by atoms with Crippen molar-refractivity contribution in [3.8, 4) is 0 Å². The minimum absolute atomic E-state index is 0.143. The van der Waals surface area contributed by atoms with E-state index in [-0.39, 0.29) is 11.2 Å². The summed E-state index contributed by atoms with van der Waals surface area (Å²) in [6.07, 6.45) is 16.0. The highest BCUT2D eigenvalue weighted by molar-refractivity contribution is 5.93. The second kappa shape index (κ2) is 4.69. The van der Waals surface area contributed by atoms with E-state index >= 15 is 0 Å². The molecule has 4 rings (SSSR count). The fourth-order valence-electron chi connectivity index (χ4n) is 6.53. The number of carbonyl (C=O) groups is 1. The average Bonchev–Trinajstić information content (AvgIpc) is 2.84. The Hall–Kier alpha value is -1.11. The minimum atomic E-state index is 0.143. The molecule has 0 spiro atoms. The number of allylic oxidation sites excluding steroid dienone is 5. The van der Waals surface area contributed by atoms with Crippen molar-refractivity contribution in [2.24, 2.45) is 34.5 Å². The van der Waals surface area contributed by atoms with Gasteiger partial charge in [0.25, 0.3) is 0 Å². The normalized spacial score (nSPS) is 49.9. The van der Waals surface area contributed by atoms with Crippen molar-refractivity contribution in [3.63, 3.8) is 0 Å². The number of ketones is 1. The molecule has 2 fully saturated rings. The Morgan fingerprint density at radius 2 is 2.05 bits per heavy atom. The lowest BCUT2D eigenvalue weighted by molar-refractivity contribution is -0.115. The molecule has 0 aromatic heterocycles. The molecule has 0 bridgehead atoms. The summed E-state index contributed by atoms with van der Waals surface area (Å²) < 4.78 is 0. The number of carbonyl (C=O) groups excluding carboxylic acids is 1. The van der Waals surface area contributed by atoms with Gasteiger partial charge in [-0.2, -0.15) is 0 Å². The van der Waals surface area contributed by atoms with Crippen LogP contribution in [0.5, 0.6) is 0 Å². The van der Waals surface area contributed by atoms with Crippen molar-refractivity contribution in [2.75, 3.05) is 0 Å². The maximum atomic E-state index is 11.8. The van der Waals surface area contributed by atoms with Gasteiger partial charge in [0.05, 0.1) is 0 Å². The largest absolute Gasteiger partial charge is 0.295 e. The predicted octanol–water partition coefficient (Wildman–Crippen LogP) is 5.10. The molecule has 1 heteroatoms. The Kier molecular flexibility index (Phi) is 3.09. The molecule has 0 heterocycles. The third kappa shape index (κ3) is 1.74. The van der Waals surface area contributed by atoms with E-state index in [1.165, 1.54) is 37.7 Å². The monoisotopic (exact) mass is 296 g/mol. The van der Waals surface area contributed by atoms with Gasteiger partial charge in [0.1, 0.15) is 0 Å². The van der Waals surface area contributed by atoms with E-state index in [2.05, 4.69) is 38.7 Å². The molecule has 0 N–H and O–H groups in total. The number of hydrogen-bond acceptors (Lipinski definition) is 1. The predicted molar refractivity (Wildman–Crippen MR) is 90.3 cm³/mol. The molecule has 22 heavy (non-hydrogen) atoms. The van der Waals surface area contributed by atoms with Crippen LogP contribution in [-0.2, 0) is 4.79 Å². The van der Waals surface area contributed by atoms with Gasteiger partial charge >= 0.3 is 0 Å². The summed E-state index contributed by atoms with van der Waals surface area (Å²) >= 11 is 0. The molecule has 0 radical (unpaired) electrons. The zero-order valence-electron chi connectivity index (χ0n) is 14.0. The summed E-state index contributed by atoms with van der Waals surface area (Å²) in [4.78, 5) is 11.8. The average molecular weight is 296 g/mol. The smallest absolute Gasteiger partial charge is 0.159 e. The number of hydrogen-bond donors (Lipinski definition) is 0. The first-order valence-corrected chi connectivity index (χ1v) is 9.03. The molecule has 2 saturated carbocycles. The molecular formula is C21H28O. The third-order valence-electron chi connectivity index (χ3n) is 7.87. The standard InChI is InChI=1S/C21H28O/c1-4-14-6-8-18-17-7-5-15-13-16(22)9-11-21(15,3)19(17)10-12-20(14,18)2/h4-5,9,11,14,17-19H,1,6-8,10,12-13H2,2-3H3. The van der Waals surface area contributed by atoms with Crippen LogP contribution in [-0.4, -0.2) is 5.78 Å². The SMILES string of the molecule is C=CC1CCC2C3CC=C4CC(=O)C=CC4(C)C3CCC12C. The maximum Gasteiger partial charge on any atom is 0.159 e. The van der Waals surface area contributed by atoms with Crippen LogP contribution in [0.25, 0.3) is 0 Å². The molecule has 0 aromatic rings. The van der Waals surface area contributed by atoms with Crippen LogP contribution < -0.4 is 0 Å². The highest BCUT2D eigenvalue weighted by atomic mass is 16.1. The van der Waals surface area contributed by atoms with Crippen molar-refractivity contribution < 1.29 is 4.79 Å². The third-order valence-corrected chi connectivity index (χ3v) is 7.87. The Labute approximate surface area is 134 Å². The lowest BCUT2D eigenvalue weighted by atomic mass is 9.48. The molecule has 0 aliphatic heterocycles. The van der Waals surface area contributed by atoms with Gasteiger partial charge in [-0.25, -0.2) is 0 Å². The maximum absolute atomic E-state index is 11.8. The van der Waals surface area contributed by atoms with Crippen LogP contribution in [0.4, 0.5) is 0 Å². The first kappa shape index (κ1) is 14.5. The van der Waals surface area contributed by atoms with E-state index in [0.29, 0.717) is 17.8 Å². The van der Waals surface area contributed by atoms with Crippen LogP contribution in [0.15, 0.2) is 36.5 Å². The van der Waals surface area contributed by atoms with Gasteiger partial charge in [0.2, 0.25) is 0 Å². The molecule has 6 atom stereocenters. The second-order valence-corrected chi connectivity index (χ2v) is 8.57. The van der Waals surface area contributed by atoms with Crippen LogP contribution in [0.3, 0.4) is 0 Å². The van der Waals surface area contributed by atoms with Gasteiger partial charge < -0.3 is 0 Å². The Bertz CT molecular complexity index is 583. The van der Waals surface area contributed by atoms with E-state index in [0.717, 1.165) is 17.8 Å². The van der Waals surface area contributed by atoms with E-state index in [1.54, 1.807) is 0 Å². The summed E-state index contributed by atoms with van der Waals surface area (Å²) in [6.45, 7) is 9.02. The van der Waals surface area contributed by atoms with Crippen molar-refractivity contribution in [3.05, 3.63) is 36.5 Å². The molecule has 0 saturated heterocycles. The Morgan fingerprint density at radius 1 is 1.23 bits per heavy atom. The molecule has 0 amide bonds. The summed E-state index contributed by atoms with van der Waals surface area (Å²) in [5, 5.41) is 0. The quantitative estimate of drug-likeness (QED) is 0.615. The Balaban J connectivity index is 1.71. The van der Waals surface area contributed by atoms with Crippen LogP contribution in [0.2, 0.25) is 0 Å². The van der Waals surface area contributed by atoms with E-state index < -0.39 is 0 Å². The van der Waals surface area contributed by atoms with E-state index in [4.69, 9.17) is 0 Å². The van der Waals surface area contributed by atoms with E-state index in [1.807, 2.05) is 6.08 Å². The van der Waals surface area contributed by atoms with Gasteiger partial charge in [0, 0.05) is 11.8 Å². The molecule has 4 aliphatic carbocycles. The van der Waals surface area contributed by atoms with Gasteiger partial charge in [0.15, 0.2) is 5.78 Å². The summed E-state index contributed by atoms with van der Waals surface area (Å²) in [7, 11) is 0. The van der Waals surface area contributed by atoms with Gasteiger partial charge in [-0.1, -0.05) is 37.6 Å². The van der Waals surface area contributed by atoms with Gasteiger partial charge in [-0.3, -0.25) is 4.79 Å². The fourth-order valence-corrected chi connectivity index (χ4v) is 6.53. The highest BCUT2D eigenvalue weighted by Crippen LogP contribution is 2.65. The molecule has 1 nitrogen and oxygen atoms in total. The van der Waals surface area contributed by atoms with Crippen LogP contribution in [0.1, 0.15) is 52.4 Å². The van der Waals surface area contributed by atoms with Crippen molar-refractivity contribution in [1.82, 2.24) is 0 Å². The molecule has 6 unspecified atom stereocenters. The Morgan fingerprint density at radius 3 is 2.82 bits per heavy atom. The van der Waals surface area contributed by atoms with Crippen LogP contribution in [0, 0.1) is 34.5 Å². The summed E-state index contributed by atoms with van der Waals surface area (Å²) in [5.74, 6) is 3.37. The van der Waals surface area contributed by atoms with Crippen molar-refractivity contribution in [2.45, 2.75) is 52.4 Å². The topological polar surface area (TPSA) is 17.1 Å². The van der Waals surface area contributed by atoms with Crippen molar-refractivity contribution in [1.29, 1.82) is 0 Å². The van der Waals surface area contributed by atoms with Gasteiger partial charge in [-0.05, 0) is 67.3 Å². The first-order valence-electron chi connectivity index (χ1n) is 9.03. The molecular weight excluding hydrogens is 268 g/mol. The first-order chi connectivity index (χ1) is 10.5. The molecule has 0 aromatic carbocycles. The number of rotatable bonds is 1. The fraction of sp³-hybridized carbons (Fsp3) is 0.667. The molecule has 118 valence electrons. The zero-order chi connectivity index (χ0) is 15.5. The number of fused-ring (bicyclic) bond motifs is 5. The van der Waals surface area contributed by atoms with Gasteiger partial charge in [-0.15, -0.1) is 6.58 Å².